The molecule has 0 atom stereocenters. The van der Waals surface area contributed by atoms with Gasteiger partial charge in [0.25, 0.3) is 5.69 Å². The van der Waals surface area contributed by atoms with Crippen molar-refractivity contribution in [2.24, 2.45) is 0 Å². The van der Waals surface area contributed by atoms with Gasteiger partial charge in [0.15, 0.2) is 0 Å². The Balaban J connectivity index is 0.000000745. The van der Waals surface area contributed by atoms with Crippen molar-refractivity contribution in [3.63, 3.8) is 0 Å². The van der Waals surface area contributed by atoms with Crippen LogP contribution in [0.15, 0.2) is 18.2 Å². The molecule has 1 aromatic rings. The third-order valence-electron chi connectivity index (χ3n) is 3.69. The van der Waals surface area contributed by atoms with Crippen molar-refractivity contribution >= 4 is 18.3 Å². The molecule has 0 saturated carbocycles. The van der Waals surface area contributed by atoms with Crippen molar-refractivity contribution in [3.8, 4) is 0 Å². The minimum absolute atomic E-state index is 0.101. The Bertz CT molecular complexity index is 532. The Hall–Kier alpha value is -1.47. The molecule has 1 aliphatic rings. The van der Waals surface area contributed by atoms with Crippen LogP contribution in [0.1, 0.15) is 48.0 Å². The van der Waals surface area contributed by atoms with Crippen LogP contribution in [0.2, 0.25) is 0 Å². The number of nitro benzene ring substituents is 1. The summed E-state index contributed by atoms with van der Waals surface area (Å²) in [4.78, 5) is 10.4. The van der Waals surface area contributed by atoms with E-state index in [1.807, 2.05) is 27.7 Å². The van der Waals surface area contributed by atoms with Gasteiger partial charge >= 0.3 is 7.12 Å². The Morgan fingerprint density at radius 1 is 1.18 bits per heavy atom. The van der Waals surface area contributed by atoms with E-state index in [4.69, 9.17) is 9.31 Å². The maximum atomic E-state index is 13.3. The summed E-state index contributed by atoms with van der Waals surface area (Å²) in [7, 11) is -0.943. The van der Waals surface area contributed by atoms with Crippen LogP contribution in [0.3, 0.4) is 0 Å². The van der Waals surface area contributed by atoms with Crippen LogP contribution in [0.4, 0.5) is 10.1 Å². The summed E-state index contributed by atoms with van der Waals surface area (Å²) in [5.41, 5.74) is -1.36. The molecule has 1 saturated heterocycles. The van der Waals surface area contributed by atoms with E-state index in [0.717, 1.165) is 18.2 Å². The third-order valence-corrected chi connectivity index (χ3v) is 3.69. The van der Waals surface area contributed by atoms with Gasteiger partial charge < -0.3 is 9.31 Å². The molecule has 0 N–H and O–H groups in total. The lowest BCUT2D eigenvalue weighted by Gasteiger charge is -2.32. The first kappa shape index (κ1) is 18.6. The molecule has 0 bridgehead atoms. The van der Waals surface area contributed by atoms with Crippen LogP contribution in [0, 0.1) is 15.9 Å². The number of halogens is 1. The maximum absolute atomic E-state index is 13.3. The van der Waals surface area contributed by atoms with Gasteiger partial charge in [0.05, 0.1) is 21.6 Å². The molecule has 22 heavy (non-hydrogen) atoms. The predicted octanol–water partition coefficient (Wildman–Crippen LogP) is 3.45. The highest BCUT2D eigenvalue weighted by atomic mass is 19.1. The van der Waals surface area contributed by atoms with E-state index >= 15 is 0 Å². The molecule has 0 aromatic heterocycles. The van der Waals surface area contributed by atoms with Crippen LogP contribution >= 0.6 is 0 Å². The van der Waals surface area contributed by atoms with E-state index in [1.54, 1.807) is 0 Å². The summed E-state index contributed by atoms with van der Waals surface area (Å²) in [5, 5.41) is 11.0. The average Bonchev–Trinajstić information content (AvgIpc) is 2.59. The van der Waals surface area contributed by atoms with Gasteiger partial charge in [-0.15, -0.1) is 0 Å². The van der Waals surface area contributed by atoms with Crippen LogP contribution in [-0.2, 0) is 9.31 Å². The fourth-order valence-electron chi connectivity index (χ4n) is 1.85. The predicted molar refractivity (Wildman–Crippen MR) is 84.7 cm³/mol. The molecule has 7 heteroatoms. The van der Waals surface area contributed by atoms with Crippen molar-refractivity contribution in [2.45, 2.75) is 59.2 Å². The lowest BCUT2D eigenvalue weighted by Crippen LogP contribution is -2.41. The van der Waals surface area contributed by atoms with Crippen LogP contribution in [0.5, 0.6) is 0 Å². The second-order valence-corrected chi connectivity index (χ2v) is 6.26. The number of hydrogen-bond donors (Lipinski definition) is 0. The first-order chi connectivity index (χ1) is 10.1. The van der Waals surface area contributed by atoms with E-state index in [9.17, 15) is 14.5 Å². The third kappa shape index (κ3) is 3.84. The van der Waals surface area contributed by atoms with Gasteiger partial charge in [0.1, 0.15) is 5.82 Å². The average molecular weight is 311 g/mol. The smallest absolute Gasteiger partial charge is 0.399 e. The topological polar surface area (TPSA) is 61.6 Å². The number of hydrogen-bond acceptors (Lipinski definition) is 4. The van der Waals surface area contributed by atoms with E-state index in [-0.39, 0.29) is 11.2 Å². The molecular formula is C15H23BFNO4. The van der Waals surface area contributed by atoms with E-state index in [2.05, 4.69) is 13.8 Å². The van der Waals surface area contributed by atoms with Crippen molar-refractivity contribution in [2.75, 3.05) is 0 Å². The van der Waals surface area contributed by atoms with Crippen molar-refractivity contribution in [1.82, 2.24) is 0 Å². The molecule has 0 unspecified atom stereocenters. The quantitative estimate of drug-likeness (QED) is 0.477. The number of rotatable bonds is 2. The highest BCUT2D eigenvalue weighted by Crippen LogP contribution is 2.37. The zero-order chi connectivity index (χ0) is 17.1. The molecule has 0 amide bonds. The molecule has 5 nitrogen and oxygen atoms in total. The molecule has 1 aliphatic heterocycles. The molecule has 0 aliphatic carbocycles. The van der Waals surface area contributed by atoms with Gasteiger partial charge in [-0.2, -0.15) is 0 Å². The zero-order valence-corrected chi connectivity index (χ0v) is 14.0. The number of nitro groups is 1. The molecule has 2 rings (SSSR count). The van der Waals surface area contributed by atoms with Crippen LogP contribution in [0.25, 0.3) is 0 Å². The summed E-state index contributed by atoms with van der Waals surface area (Å²) < 4.78 is 24.7. The maximum Gasteiger partial charge on any atom is 0.502 e. The monoisotopic (exact) mass is 311 g/mol. The minimum Gasteiger partial charge on any atom is -0.399 e. The normalized spacial score (nSPS) is 18.6. The van der Waals surface area contributed by atoms with Gasteiger partial charge in [-0.3, -0.25) is 10.1 Å². The van der Waals surface area contributed by atoms with Crippen molar-refractivity contribution < 1.29 is 18.6 Å². The van der Waals surface area contributed by atoms with Gasteiger partial charge in [0.2, 0.25) is 0 Å². The molecule has 0 spiro atoms. The minimum atomic E-state index is -0.943. The SMILES string of the molecule is CC1(C)OB(c2cc(F)ccc2[N+](=O)[O-])OC1(C)C.CCC. The molecule has 0 radical (unpaired) electrons. The first-order valence-corrected chi connectivity index (χ1v) is 7.35. The van der Waals surface area contributed by atoms with Crippen LogP contribution < -0.4 is 5.46 Å². The molecule has 1 fully saturated rings. The molecular weight excluding hydrogens is 288 g/mol. The summed E-state index contributed by atoms with van der Waals surface area (Å²) in [6.45, 7) is 11.6. The first-order valence-electron chi connectivity index (χ1n) is 7.35. The Morgan fingerprint density at radius 3 is 2.05 bits per heavy atom. The van der Waals surface area contributed by atoms with Crippen molar-refractivity contribution in [3.05, 3.63) is 34.1 Å². The second-order valence-electron chi connectivity index (χ2n) is 6.26. The summed E-state index contributed by atoms with van der Waals surface area (Å²) in [5.74, 6) is -0.560. The van der Waals surface area contributed by atoms with E-state index in [1.165, 1.54) is 6.42 Å². The van der Waals surface area contributed by atoms with Crippen LogP contribution in [-0.4, -0.2) is 23.2 Å². The highest BCUT2D eigenvalue weighted by Gasteiger charge is 2.53. The number of benzene rings is 1. The lowest BCUT2D eigenvalue weighted by molar-refractivity contribution is -0.383. The Labute approximate surface area is 131 Å². The summed E-state index contributed by atoms with van der Waals surface area (Å²) in [6.07, 6.45) is 1.25. The van der Waals surface area contributed by atoms with E-state index < -0.39 is 29.1 Å². The Morgan fingerprint density at radius 2 is 1.64 bits per heavy atom. The largest absolute Gasteiger partial charge is 0.502 e. The zero-order valence-electron chi connectivity index (χ0n) is 14.0. The fraction of sp³-hybridized carbons (Fsp3) is 0.600. The standard InChI is InChI=1S/C12H15BFNO4.C3H8/c1-11(2)12(3,4)19-13(18-11)9-7-8(14)5-6-10(9)15(16)17;1-3-2/h5-7H,1-4H3;3H2,1-2H3. The lowest BCUT2D eigenvalue weighted by atomic mass is 9.78. The Kier molecular flexibility index (Phi) is 5.70. The summed E-state index contributed by atoms with van der Waals surface area (Å²) in [6, 6.07) is 3.25. The molecule has 122 valence electrons. The van der Waals surface area contributed by atoms with Crippen molar-refractivity contribution in [1.29, 1.82) is 0 Å². The fourth-order valence-corrected chi connectivity index (χ4v) is 1.85. The number of nitrogens with zero attached hydrogens (tertiary/aromatic N) is 1. The van der Waals surface area contributed by atoms with E-state index in [0.29, 0.717) is 0 Å². The summed E-state index contributed by atoms with van der Waals surface area (Å²) >= 11 is 0. The highest BCUT2D eigenvalue weighted by molar-refractivity contribution is 6.63. The van der Waals surface area contributed by atoms with Gasteiger partial charge in [0, 0.05) is 6.07 Å². The molecule has 1 heterocycles. The van der Waals surface area contributed by atoms with Gasteiger partial charge in [-0.05, 0) is 39.8 Å². The second kappa shape index (κ2) is 6.75. The van der Waals surface area contributed by atoms with Gasteiger partial charge in [-0.1, -0.05) is 20.3 Å². The van der Waals surface area contributed by atoms with Gasteiger partial charge in [-0.25, -0.2) is 4.39 Å². The molecule has 1 aromatic carbocycles.